The molecule has 4 nitrogen and oxygen atoms in total. The number of amides is 1. The fraction of sp³-hybridized carbons (Fsp3) is 0.933. The molecule has 0 saturated carbocycles. The highest BCUT2D eigenvalue weighted by Crippen LogP contribution is 2.26. The average Bonchev–Trinajstić information content (AvgIpc) is 2.99. The van der Waals surface area contributed by atoms with Crippen LogP contribution in [0.1, 0.15) is 32.6 Å². The fourth-order valence-electron chi connectivity index (χ4n) is 4.12. The maximum Gasteiger partial charge on any atom is 0.236 e. The molecule has 3 heterocycles. The van der Waals surface area contributed by atoms with Crippen LogP contribution in [0.4, 0.5) is 0 Å². The Bertz CT molecular complexity index is 327. The number of hydrogen-bond donors (Lipinski definition) is 1. The van der Waals surface area contributed by atoms with E-state index in [9.17, 15) is 4.79 Å². The normalized spacial score (nSPS) is 33.9. The third-order valence-corrected chi connectivity index (χ3v) is 5.24. The van der Waals surface area contributed by atoms with Gasteiger partial charge >= 0.3 is 0 Å². The number of hydrogen-bond acceptors (Lipinski definition) is 3. The molecule has 5 heteroatoms. The van der Waals surface area contributed by atoms with Crippen molar-refractivity contribution in [1.29, 1.82) is 0 Å². The van der Waals surface area contributed by atoms with Gasteiger partial charge in [0.05, 0.1) is 6.54 Å². The smallest absolute Gasteiger partial charge is 0.236 e. The van der Waals surface area contributed by atoms with E-state index in [0.717, 1.165) is 51.0 Å². The standard InChI is InChI=1S/C15H27N3O.ClH/c1-2-14-5-3-4-6-18(14)15(19)11-17-9-12-7-16-8-13(12)10-17;/h12-14,16H,2-11H2,1H3;1H/t12-,13+,14?;. The average molecular weight is 302 g/mol. The molecule has 3 atom stereocenters. The molecule has 1 unspecified atom stereocenters. The van der Waals surface area contributed by atoms with Gasteiger partial charge < -0.3 is 10.2 Å². The minimum absolute atomic E-state index is 0. The topological polar surface area (TPSA) is 35.6 Å². The highest BCUT2D eigenvalue weighted by Gasteiger charge is 2.37. The van der Waals surface area contributed by atoms with Gasteiger partial charge in [0.25, 0.3) is 0 Å². The molecule has 0 radical (unpaired) electrons. The lowest BCUT2D eigenvalue weighted by Gasteiger charge is -2.36. The first kappa shape index (κ1) is 16.1. The summed E-state index contributed by atoms with van der Waals surface area (Å²) in [7, 11) is 0. The van der Waals surface area contributed by atoms with Crippen molar-refractivity contribution in [3.63, 3.8) is 0 Å². The van der Waals surface area contributed by atoms with E-state index in [1.54, 1.807) is 0 Å². The third kappa shape index (κ3) is 3.29. The van der Waals surface area contributed by atoms with E-state index in [4.69, 9.17) is 0 Å². The fourth-order valence-corrected chi connectivity index (χ4v) is 4.12. The number of piperidine rings is 1. The molecule has 116 valence electrons. The van der Waals surface area contributed by atoms with Gasteiger partial charge in [0, 0.05) is 25.7 Å². The summed E-state index contributed by atoms with van der Waals surface area (Å²) in [5, 5.41) is 3.46. The second kappa shape index (κ2) is 7.10. The number of rotatable bonds is 3. The van der Waals surface area contributed by atoms with Crippen molar-refractivity contribution in [3.8, 4) is 0 Å². The van der Waals surface area contributed by atoms with E-state index in [0.29, 0.717) is 18.5 Å². The zero-order valence-electron chi connectivity index (χ0n) is 12.5. The van der Waals surface area contributed by atoms with E-state index in [2.05, 4.69) is 22.0 Å². The zero-order valence-corrected chi connectivity index (χ0v) is 13.3. The Morgan fingerprint density at radius 2 is 1.90 bits per heavy atom. The monoisotopic (exact) mass is 301 g/mol. The molecule has 0 aliphatic carbocycles. The van der Waals surface area contributed by atoms with E-state index in [-0.39, 0.29) is 12.4 Å². The minimum Gasteiger partial charge on any atom is -0.339 e. The number of carbonyl (C=O) groups excluding carboxylic acids is 1. The van der Waals surface area contributed by atoms with E-state index in [1.165, 1.54) is 19.3 Å². The molecule has 3 rings (SSSR count). The first-order valence-corrected chi connectivity index (χ1v) is 8.00. The Hall–Kier alpha value is -0.320. The molecule has 0 aromatic heterocycles. The molecule has 3 saturated heterocycles. The van der Waals surface area contributed by atoms with Crippen LogP contribution >= 0.6 is 12.4 Å². The quantitative estimate of drug-likeness (QED) is 0.855. The van der Waals surface area contributed by atoms with Crippen molar-refractivity contribution in [2.75, 3.05) is 39.3 Å². The van der Waals surface area contributed by atoms with Crippen LogP contribution in [0.15, 0.2) is 0 Å². The van der Waals surface area contributed by atoms with E-state index >= 15 is 0 Å². The van der Waals surface area contributed by atoms with Crippen molar-refractivity contribution < 1.29 is 4.79 Å². The van der Waals surface area contributed by atoms with Gasteiger partial charge in [-0.2, -0.15) is 0 Å². The van der Waals surface area contributed by atoms with Crippen LogP contribution in [0.25, 0.3) is 0 Å². The predicted molar refractivity (Wildman–Crippen MR) is 83.2 cm³/mol. The zero-order chi connectivity index (χ0) is 13.2. The summed E-state index contributed by atoms with van der Waals surface area (Å²) in [6, 6.07) is 0.505. The SMILES string of the molecule is CCC1CCCCN1C(=O)CN1C[C@H]2CNC[C@H]2C1.Cl. The summed E-state index contributed by atoms with van der Waals surface area (Å²) in [4.78, 5) is 17.1. The van der Waals surface area contributed by atoms with Crippen molar-refractivity contribution in [1.82, 2.24) is 15.1 Å². The lowest BCUT2D eigenvalue weighted by Crippen LogP contribution is -2.47. The second-order valence-electron chi connectivity index (χ2n) is 6.52. The van der Waals surface area contributed by atoms with Gasteiger partial charge in [-0.1, -0.05) is 6.92 Å². The third-order valence-electron chi connectivity index (χ3n) is 5.24. The first-order chi connectivity index (χ1) is 9.28. The van der Waals surface area contributed by atoms with Crippen LogP contribution in [0.3, 0.4) is 0 Å². The summed E-state index contributed by atoms with van der Waals surface area (Å²) in [5.41, 5.74) is 0. The number of fused-ring (bicyclic) bond motifs is 1. The molecule has 3 aliphatic rings. The van der Waals surface area contributed by atoms with Gasteiger partial charge in [0.1, 0.15) is 0 Å². The number of carbonyl (C=O) groups is 1. The lowest BCUT2D eigenvalue weighted by molar-refractivity contribution is -0.136. The first-order valence-electron chi connectivity index (χ1n) is 8.00. The summed E-state index contributed by atoms with van der Waals surface area (Å²) < 4.78 is 0. The van der Waals surface area contributed by atoms with E-state index < -0.39 is 0 Å². The molecular weight excluding hydrogens is 274 g/mol. The van der Waals surface area contributed by atoms with Crippen molar-refractivity contribution >= 4 is 18.3 Å². The number of likely N-dealkylation sites (tertiary alicyclic amines) is 2. The van der Waals surface area contributed by atoms with Crippen LogP contribution < -0.4 is 5.32 Å². The summed E-state index contributed by atoms with van der Waals surface area (Å²) in [6.07, 6.45) is 4.80. The number of nitrogens with one attached hydrogen (secondary N) is 1. The molecule has 0 spiro atoms. The van der Waals surface area contributed by atoms with Gasteiger partial charge in [0.2, 0.25) is 5.91 Å². The number of nitrogens with zero attached hydrogens (tertiary/aromatic N) is 2. The minimum atomic E-state index is 0. The molecule has 3 aliphatic heterocycles. The molecule has 0 bridgehead atoms. The second-order valence-corrected chi connectivity index (χ2v) is 6.52. The molecule has 20 heavy (non-hydrogen) atoms. The number of halogens is 1. The molecule has 1 N–H and O–H groups in total. The van der Waals surface area contributed by atoms with Crippen LogP contribution in [0.2, 0.25) is 0 Å². The van der Waals surface area contributed by atoms with Crippen LogP contribution in [-0.2, 0) is 4.79 Å². The van der Waals surface area contributed by atoms with Crippen molar-refractivity contribution in [2.45, 2.75) is 38.6 Å². The maximum absolute atomic E-state index is 12.5. The molecule has 3 fully saturated rings. The molecule has 0 aromatic rings. The van der Waals surface area contributed by atoms with Crippen molar-refractivity contribution in [3.05, 3.63) is 0 Å². The highest BCUT2D eigenvalue weighted by molar-refractivity contribution is 5.85. The maximum atomic E-state index is 12.5. The largest absolute Gasteiger partial charge is 0.339 e. The Morgan fingerprint density at radius 1 is 1.20 bits per heavy atom. The van der Waals surface area contributed by atoms with Crippen molar-refractivity contribution in [2.24, 2.45) is 11.8 Å². The summed E-state index contributed by atoms with van der Waals surface area (Å²) >= 11 is 0. The highest BCUT2D eigenvalue weighted by atomic mass is 35.5. The van der Waals surface area contributed by atoms with Crippen LogP contribution in [0, 0.1) is 11.8 Å². The Kier molecular flexibility index (Phi) is 5.70. The summed E-state index contributed by atoms with van der Waals surface area (Å²) in [5.74, 6) is 1.95. The summed E-state index contributed by atoms with van der Waals surface area (Å²) in [6.45, 7) is 8.39. The van der Waals surface area contributed by atoms with Gasteiger partial charge in [-0.25, -0.2) is 0 Å². The Morgan fingerprint density at radius 3 is 2.55 bits per heavy atom. The Labute approximate surface area is 128 Å². The molecule has 0 aromatic carbocycles. The van der Waals surface area contributed by atoms with Gasteiger partial charge in [-0.15, -0.1) is 12.4 Å². The van der Waals surface area contributed by atoms with Gasteiger partial charge in [-0.05, 0) is 50.6 Å². The Balaban J connectivity index is 0.00000147. The molecular formula is C15H28ClN3O. The molecule has 1 amide bonds. The van der Waals surface area contributed by atoms with E-state index in [1.807, 2.05) is 0 Å². The van der Waals surface area contributed by atoms with Gasteiger partial charge in [-0.3, -0.25) is 9.69 Å². The van der Waals surface area contributed by atoms with Crippen LogP contribution in [-0.4, -0.2) is 61.0 Å². The predicted octanol–water partition coefficient (Wildman–Crippen LogP) is 1.35. The van der Waals surface area contributed by atoms with Crippen LogP contribution in [0.5, 0.6) is 0 Å². The lowest BCUT2D eigenvalue weighted by atomic mass is 10.00. The van der Waals surface area contributed by atoms with Gasteiger partial charge in [0.15, 0.2) is 0 Å².